The van der Waals surface area contributed by atoms with Crippen molar-refractivity contribution in [2.45, 2.75) is 20.8 Å². The van der Waals surface area contributed by atoms with Crippen LogP contribution in [0.4, 0.5) is 0 Å². The zero-order valence-corrected chi connectivity index (χ0v) is 6.94. The molecule has 0 aromatic rings. The van der Waals surface area contributed by atoms with Crippen molar-refractivity contribution >= 4 is 0 Å². The maximum absolute atomic E-state index is 3.96. The molecule has 0 amide bonds. The molecule has 0 saturated heterocycles. The summed E-state index contributed by atoms with van der Waals surface area (Å²) in [6.45, 7) is 10.5. The summed E-state index contributed by atoms with van der Waals surface area (Å²) in [5.74, 6) is 0.613. The minimum Gasteiger partial charge on any atom is -0.0915 e. The van der Waals surface area contributed by atoms with Gasteiger partial charge in [0.2, 0.25) is 0 Å². The lowest BCUT2D eigenvalue weighted by atomic mass is 9.96. The average molecular weight is 134 g/mol. The molecule has 0 aromatic heterocycles. The highest BCUT2D eigenvalue weighted by molar-refractivity contribution is 5.51. The predicted molar refractivity (Wildman–Crippen MR) is 45.8 cm³/mol. The second kappa shape index (κ2) is 2.45. The van der Waals surface area contributed by atoms with Gasteiger partial charge in [0, 0.05) is 0 Å². The normalized spacial score (nSPS) is 17.8. The minimum atomic E-state index is 0.613. The number of hydrogen-bond donors (Lipinski definition) is 0. The van der Waals surface area contributed by atoms with Crippen molar-refractivity contribution < 1.29 is 0 Å². The van der Waals surface area contributed by atoms with E-state index in [-0.39, 0.29) is 0 Å². The van der Waals surface area contributed by atoms with Crippen LogP contribution in [0, 0.1) is 5.92 Å². The zero-order chi connectivity index (χ0) is 7.72. The molecule has 0 fully saturated rings. The molecule has 10 heavy (non-hydrogen) atoms. The Morgan fingerprint density at radius 2 is 1.90 bits per heavy atom. The molecule has 0 unspecified atom stereocenters. The van der Waals surface area contributed by atoms with Crippen molar-refractivity contribution in [2.75, 3.05) is 0 Å². The Morgan fingerprint density at radius 3 is 2.10 bits per heavy atom. The van der Waals surface area contributed by atoms with Crippen LogP contribution in [-0.2, 0) is 0 Å². The minimum absolute atomic E-state index is 0.613. The summed E-state index contributed by atoms with van der Waals surface area (Å²) in [6.07, 6.45) is 4.22. The highest BCUT2D eigenvalue weighted by Gasteiger charge is 2.11. The van der Waals surface area contributed by atoms with Gasteiger partial charge in [-0.1, -0.05) is 32.6 Å². The second-order valence-electron chi connectivity index (χ2n) is 3.11. The van der Waals surface area contributed by atoms with Crippen molar-refractivity contribution in [3.05, 3.63) is 35.5 Å². The molecule has 0 atom stereocenters. The summed E-state index contributed by atoms with van der Waals surface area (Å²) in [4.78, 5) is 0. The smallest absolute Gasteiger partial charge is 0.0210 e. The lowest BCUT2D eigenvalue weighted by Gasteiger charge is -2.08. The van der Waals surface area contributed by atoms with Gasteiger partial charge in [-0.2, -0.15) is 0 Å². The third kappa shape index (κ3) is 1.06. The molecule has 0 heteroatoms. The standard InChI is InChI=1S/C10H14/c1-7(2)10-8(3)5-6-9(10)4/h5-7H,3H2,1-2,4H3. The predicted octanol–water partition coefficient (Wildman–Crippen LogP) is 3.08. The van der Waals surface area contributed by atoms with Crippen molar-refractivity contribution in [2.24, 2.45) is 5.92 Å². The number of rotatable bonds is 1. The van der Waals surface area contributed by atoms with E-state index in [1.165, 1.54) is 16.7 Å². The van der Waals surface area contributed by atoms with Crippen LogP contribution < -0.4 is 0 Å². The van der Waals surface area contributed by atoms with Gasteiger partial charge in [-0.05, 0) is 29.6 Å². The maximum atomic E-state index is 3.96. The first-order chi connectivity index (χ1) is 4.63. The molecule has 0 saturated carbocycles. The molecule has 0 heterocycles. The Bertz CT molecular complexity index is 214. The van der Waals surface area contributed by atoms with E-state index in [4.69, 9.17) is 0 Å². The monoisotopic (exact) mass is 134 g/mol. The molecule has 1 aliphatic rings. The largest absolute Gasteiger partial charge is 0.0915 e. The van der Waals surface area contributed by atoms with E-state index in [9.17, 15) is 0 Å². The molecule has 0 nitrogen and oxygen atoms in total. The van der Waals surface area contributed by atoms with Crippen LogP contribution in [0.5, 0.6) is 0 Å². The Morgan fingerprint density at radius 1 is 1.30 bits per heavy atom. The van der Waals surface area contributed by atoms with Crippen LogP contribution in [0.1, 0.15) is 20.8 Å². The Hall–Kier alpha value is -0.780. The van der Waals surface area contributed by atoms with Crippen molar-refractivity contribution in [3.8, 4) is 0 Å². The van der Waals surface area contributed by atoms with E-state index in [1.54, 1.807) is 0 Å². The molecular weight excluding hydrogens is 120 g/mol. The van der Waals surface area contributed by atoms with E-state index < -0.39 is 0 Å². The van der Waals surface area contributed by atoms with Gasteiger partial charge >= 0.3 is 0 Å². The van der Waals surface area contributed by atoms with Crippen LogP contribution >= 0.6 is 0 Å². The maximum Gasteiger partial charge on any atom is -0.0210 e. The molecule has 0 spiro atoms. The molecule has 54 valence electrons. The molecule has 0 N–H and O–H groups in total. The fraction of sp³-hybridized carbons (Fsp3) is 0.400. The van der Waals surface area contributed by atoms with Crippen LogP contribution in [0.2, 0.25) is 0 Å². The van der Waals surface area contributed by atoms with Crippen molar-refractivity contribution in [3.63, 3.8) is 0 Å². The number of hydrogen-bond acceptors (Lipinski definition) is 0. The number of allylic oxidation sites excluding steroid dienone is 5. The van der Waals surface area contributed by atoms with Crippen LogP contribution in [0.25, 0.3) is 0 Å². The van der Waals surface area contributed by atoms with Gasteiger partial charge in [-0.3, -0.25) is 0 Å². The Balaban J connectivity index is 2.96. The van der Waals surface area contributed by atoms with E-state index in [0.717, 1.165) is 0 Å². The fourth-order valence-electron chi connectivity index (χ4n) is 1.48. The highest BCUT2D eigenvalue weighted by Crippen LogP contribution is 2.28. The molecular formula is C10H14. The molecule has 0 aliphatic heterocycles. The summed E-state index contributed by atoms with van der Waals surface area (Å²) in [7, 11) is 0. The lowest BCUT2D eigenvalue weighted by Crippen LogP contribution is -1.94. The van der Waals surface area contributed by atoms with E-state index in [2.05, 4.69) is 39.5 Å². The van der Waals surface area contributed by atoms with E-state index in [1.807, 2.05) is 0 Å². The van der Waals surface area contributed by atoms with Crippen molar-refractivity contribution in [1.29, 1.82) is 0 Å². The quantitative estimate of drug-likeness (QED) is 0.517. The summed E-state index contributed by atoms with van der Waals surface area (Å²) < 4.78 is 0. The van der Waals surface area contributed by atoms with Gasteiger partial charge in [0.15, 0.2) is 0 Å². The molecule has 0 aromatic carbocycles. The first kappa shape index (κ1) is 7.33. The molecule has 1 aliphatic carbocycles. The lowest BCUT2D eigenvalue weighted by molar-refractivity contribution is 0.780. The fourth-order valence-corrected chi connectivity index (χ4v) is 1.48. The Labute approximate surface area is 62.9 Å². The summed E-state index contributed by atoms with van der Waals surface area (Å²) in [6, 6.07) is 0. The van der Waals surface area contributed by atoms with Gasteiger partial charge < -0.3 is 0 Å². The zero-order valence-electron chi connectivity index (χ0n) is 6.94. The molecule has 0 radical (unpaired) electrons. The van der Waals surface area contributed by atoms with E-state index in [0.29, 0.717) is 5.92 Å². The van der Waals surface area contributed by atoms with Crippen LogP contribution in [-0.4, -0.2) is 0 Å². The SMILES string of the molecule is C=C1C=CC(C)=C1C(C)C. The van der Waals surface area contributed by atoms with Crippen LogP contribution in [0.15, 0.2) is 35.5 Å². The average Bonchev–Trinajstić information content (AvgIpc) is 2.11. The van der Waals surface area contributed by atoms with Crippen LogP contribution in [0.3, 0.4) is 0 Å². The van der Waals surface area contributed by atoms with Gasteiger partial charge in [0.05, 0.1) is 0 Å². The topological polar surface area (TPSA) is 0 Å². The van der Waals surface area contributed by atoms with E-state index >= 15 is 0 Å². The third-order valence-electron chi connectivity index (χ3n) is 1.88. The van der Waals surface area contributed by atoms with Crippen molar-refractivity contribution in [1.82, 2.24) is 0 Å². The highest BCUT2D eigenvalue weighted by atomic mass is 14.2. The summed E-state index contributed by atoms with van der Waals surface area (Å²) in [5, 5.41) is 0. The first-order valence-electron chi connectivity index (χ1n) is 3.71. The molecule has 0 bridgehead atoms. The first-order valence-corrected chi connectivity index (χ1v) is 3.71. The third-order valence-corrected chi connectivity index (χ3v) is 1.88. The van der Waals surface area contributed by atoms with Gasteiger partial charge in [-0.25, -0.2) is 0 Å². The molecule has 1 rings (SSSR count). The van der Waals surface area contributed by atoms with Gasteiger partial charge in [-0.15, -0.1) is 0 Å². The second-order valence-corrected chi connectivity index (χ2v) is 3.11. The van der Waals surface area contributed by atoms with Gasteiger partial charge in [0.25, 0.3) is 0 Å². The van der Waals surface area contributed by atoms with Gasteiger partial charge in [0.1, 0.15) is 0 Å². The summed E-state index contributed by atoms with van der Waals surface area (Å²) >= 11 is 0. The Kier molecular flexibility index (Phi) is 1.80. The summed E-state index contributed by atoms with van der Waals surface area (Å²) in [5.41, 5.74) is 3.98.